The molecule has 0 saturated carbocycles. The zero-order valence-corrected chi connectivity index (χ0v) is 13.5. The molecule has 0 aliphatic heterocycles. The number of carbonyl (C=O) groups is 2. The van der Waals surface area contributed by atoms with Crippen LogP contribution in [0.15, 0.2) is 42.5 Å². The first-order chi connectivity index (χ1) is 10.9. The van der Waals surface area contributed by atoms with Gasteiger partial charge in [-0.2, -0.15) is 0 Å². The summed E-state index contributed by atoms with van der Waals surface area (Å²) < 4.78 is 0. The van der Waals surface area contributed by atoms with Crippen LogP contribution in [0.25, 0.3) is 0 Å². The van der Waals surface area contributed by atoms with Gasteiger partial charge in [0.1, 0.15) is 0 Å². The van der Waals surface area contributed by atoms with E-state index in [9.17, 15) is 9.59 Å². The van der Waals surface area contributed by atoms with Gasteiger partial charge in [0.15, 0.2) is 5.11 Å². The molecule has 6 heteroatoms. The third-order valence-electron chi connectivity index (χ3n) is 3.35. The van der Waals surface area contributed by atoms with Crippen molar-refractivity contribution >= 4 is 34.9 Å². The predicted octanol–water partition coefficient (Wildman–Crippen LogP) is 3.13. The van der Waals surface area contributed by atoms with Crippen molar-refractivity contribution in [3.63, 3.8) is 0 Å². The fraction of sp³-hybridized carbons (Fsp3) is 0.118. The van der Waals surface area contributed by atoms with Gasteiger partial charge in [0.2, 0.25) is 0 Å². The van der Waals surface area contributed by atoms with E-state index in [4.69, 9.17) is 17.3 Å². The minimum absolute atomic E-state index is 0.115. The van der Waals surface area contributed by atoms with Crippen molar-refractivity contribution in [3.8, 4) is 0 Å². The van der Waals surface area contributed by atoms with Crippen molar-refractivity contribution in [1.82, 2.24) is 5.32 Å². The predicted molar refractivity (Wildman–Crippen MR) is 93.0 cm³/mol. The van der Waals surface area contributed by atoms with Gasteiger partial charge in [0.05, 0.1) is 5.56 Å². The smallest absolute Gasteiger partial charge is 0.335 e. The summed E-state index contributed by atoms with van der Waals surface area (Å²) >= 11 is 5.13. The van der Waals surface area contributed by atoms with E-state index in [0.29, 0.717) is 11.3 Å². The molecule has 1 amide bonds. The van der Waals surface area contributed by atoms with Gasteiger partial charge in [0.25, 0.3) is 5.91 Å². The summed E-state index contributed by atoms with van der Waals surface area (Å²) in [7, 11) is 0. The molecule has 2 aromatic rings. The Bertz CT molecular complexity index is 787. The van der Waals surface area contributed by atoms with E-state index in [2.05, 4.69) is 10.6 Å². The maximum atomic E-state index is 12.2. The van der Waals surface area contributed by atoms with Crippen LogP contribution in [-0.4, -0.2) is 22.1 Å². The lowest BCUT2D eigenvalue weighted by Gasteiger charge is -2.13. The number of benzene rings is 2. The average molecular weight is 328 g/mol. The molecule has 0 bridgehead atoms. The molecular weight excluding hydrogens is 312 g/mol. The van der Waals surface area contributed by atoms with Gasteiger partial charge in [-0.3, -0.25) is 10.1 Å². The summed E-state index contributed by atoms with van der Waals surface area (Å²) in [6.45, 7) is 3.66. The van der Waals surface area contributed by atoms with Crippen LogP contribution in [0.2, 0.25) is 0 Å². The number of aromatic carboxylic acids is 1. The number of carboxylic acids is 1. The highest BCUT2D eigenvalue weighted by molar-refractivity contribution is 7.80. The topological polar surface area (TPSA) is 78.4 Å². The number of amides is 1. The van der Waals surface area contributed by atoms with Gasteiger partial charge in [0, 0.05) is 11.3 Å². The molecule has 0 radical (unpaired) electrons. The second-order valence-corrected chi connectivity index (χ2v) is 5.47. The Balaban J connectivity index is 2.11. The molecule has 5 nitrogen and oxygen atoms in total. The minimum Gasteiger partial charge on any atom is -0.478 e. The summed E-state index contributed by atoms with van der Waals surface area (Å²) in [5, 5.41) is 14.6. The Morgan fingerprint density at radius 1 is 1.04 bits per heavy atom. The molecule has 2 rings (SSSR count). The van der Waals surface area contributed by atoms with Crippen LogP contribution in [0.1, 0.15) is 31.8 Å². The molecule has 23 heavy (non-hydrogen) atoms. The first kappa shape index (κ1) is 16.6. The quantitative estimate of drug-likeness (QED) is 0.755. The summed E-state index contributed by atoms with van der Waals surface area (Å²) in [4.78, 5) is 23.2. The zero-order valence-electron chi connectivity index (χ0n) is 12.7. The highest BCUT2D eigenvalue weighted by Crippen LogP contribution is 2.17. The molecule has 3 N–H and O–H groups in total. The van der Waals surface area contributed by atoms with Crippen LogP contribution in [0.5, 0.6) is 0 Å². The highest BCUT2D eigenvalue weighted by Gasteiger charge is 2.12. The van der Waals surface area contributed by atoms with Gasteiger partial charge in [-0.1, -0.05) is 24.3 Å². The average Bonchev–Trinajstić information content (AvgIpc) is 2.49. The molecular formula is C17H16N2O3S. The lowest BCUT2D eigenvalue weighted by Crippen LogP contribution is -2.34. The van der Waals surface area contributed by atoms with Crippen molar-refractivity contribution in [2.75, 3.05) is 5.32 Å². The summed E-state index contributed by atoms with van der Waals surface area (Å²) in [6, 6.07) is 11.8. The lowest BCUT2D eigenvalue weighted by atomic mass is 10.1. The first-order valence-electron chi connectivity index (χ1n) is 6.90. The van der Waals surface area contributed by atoms with E-state index >= 15 is 0 Å². The number of carboxylic acid groups (broad SMARTS) is 1. The van der Waals surface area contributed by atoms with E-state index < -0.39 is 5.97 Å². The van der Waals surface area contributed by atoms with Crippen LogP contribution >= 0.6 is 12.2 Å². The molecule has 0 atom stereocenters. The largest absolute Gasteiger partial charge is 0.478 e. The number of hydrogen-bond donors (Lipinski definition) is 3. The molecule has 0 saturated heterocycles. The Labute approximate surface area is 139 Å². The fourth-order valence-corrected chi connectivity index (χ4v) is 2.24. The number of nitrogens with one attached hydrogen (secondary N) is 2. The second-order valence-electron chi connectivity index (χ2n) is 5.06. The molecule has 0 aliphatic carbocycles. The Kier molecular flexibility index (Phi) is 5.08. The normalized spacial score (nSPS) is 10.0. The fourth-order valence-electron chi connectivity index (χ4n) is 2.04. The minimum atomic E-state index is -1.03. The van der Waals surface area contributed by atoms with Crippen molar-refractivity contribution in [1.29, 1.82) is 0 Å². The number of carbonyl (C=O) groups excluding carboxylic acids is 1. The van der Waals surface area contributed by atoms with Gasteiger partial charge < -0.3 is 10.4 Å². The molecule has 0 unspecified atom stereocenters. The van der Waals surface area contributed by atoms with E-state index in [-0.39, 0.29) is 16.6 Å². The number of rotatable bonds is 3. The van der Waals surface area contributed by atoms with E-state index in [1.165, 1.54) is 12.1 Å². The molecule has 0 heterocycles. The van der Waals surface area contributed by atoms with Crippen molar-refractivity contribution in [2.24, 2.45) is 0 Å². The van der Waals surface area contributed by atoms with Crippen molar-refractivity contribution < 1.29 is 14.7 Å². The first-order valence-corrected chi connectivity index (χ1v) is 7.31. The van der Waals surface area contributed by atoms with Gasteiger partial charge in [-0.15, -0.1) is 0 Å². The standard InChI is InChI=1S/C17H16N2O3S/c1-10-5-3-4-6-13(10)15(20)19-17(23)18-14-9-12(16(21)22)8-7-11(14)2/h3-9H,1-2H3,(H,21,22)(H2,18,19,20,23). The van der Waals surface area contributed by atoms with Crippen LogP contribution < -0.4 is 10.6 Å². The van der Waals surface area contributed by atoms with E-state index in [1.807, 2.05) is 26.0 Å². The third-order valence-corrected chi connectivity index (χ3v) is 3.55. The SMILES string of the molecule is Cc1ccc(C(=O)O)cc1NC(=S)NC(=O)c1ccccc1C. The highest BCUT2D eigenvalue weighted by atomic mass is 32.1. The molecule has 2 aromatic carbocycles. The number of aryl methyl sites for hydroxylation is 2. The maximum absolute atomic E-state index is 12.2. The van der Waals surface area contributed by atoms with E-state index in [0.717, 1.165) is 11.1 Å². The molecule has 0 fully saturated rings. The van der Waals surface area contributed by atoms with Crippen molar-refractivity contribution in [2.45, 2.75) is 13.8 Å². The number of anilines is 1. The summed E-state index contributed by atoms with van der Waals surface area (Å²) in [6.07, 6.45) is 0. The Hall–Kier alpha value is -2.73. The van der Waals surface area contributed by atoms with Crippen LogP contribution in [-0.2, 0) is 0 Å². The summed E-state index contributed by atoms with van der Waals surface area (Å²) in [5.41, 5.74) is 2.89. The van der Waals surface area contributed by atoms with Crippen LogP contribution in [0.4, 0.5) is 5.69 Å². The van der Waals surface area contributed by atoms with Crippen LogP contribution in [0.3, 0.4) is 0 Å². The molecule has 0 spiro atoms. The summed E-state index contributed by atoms with van der Waals surface area (Å²) in [5.74, 6) is -1.34. The Morgan fingerprint density at radius 3 is 2.39 bits per heavy atom. The van der Waals surface area contributed by atoms with Gasteiger partial charge >= 0.3 is 5.97 Å². The van der Waals surface area contributed by atoms with E-state index in [1.54, 1.807) is 18.2 Å². The third kappa shape index (κ3) is 4.14. The number of thiocarbonyl (C=S) groups is 1. The molecule has 0 aromatic heterocycles. The lowest BCUT2D eigenvalue weighted by molar-refractivity contribution is 0.0696. The van der Waals surface area contributed by atoms with Crippen molar-refractivity contribution in [3.05, 3.63) is 64.7 Å². The maximum Gasteiger partial charge on any atom is 0.335 e. The monoisotopic (exact) mass is 328 g/mol. The number of hydrogen-bond acceptors (Lipinski definition) is 3. The molecule has 118 valence electrons. The zero-order chi connectivity index (χ0) is 17.0. The molecule has 0 aliphatic rings. The van der Waals surface area contributed by atoms with Crippen LogP contribution in [0, 0.1) is 13.8 Å². The van der Waals surface area contributed by atoms with Gasteiger partial charge in [-0.25, -0.2) is 4.79 Å². The Morgan fingerprint density at radius 2 is 1.74 bits per heavy atom. The van der Waals surface area contributed by atoms with Gasteiger partial charge in [-0.05, 0) is 55.4 Å². The second kappa shape index (κ2) is 7.02.